The van der Waals surface area contributed by atoms with Gasteiger partial charge >= 0.3 is 0 Å². The van der Waals surface area contributed by atoms with Crippen LogP contribution < -0.4 is 9.47 Å². The maximum atomic E-state index is 13.0. The third-order valence-corrected chi connectivity index (χ3v) is 7.36. The summed E-state index contributed by atoms with van der Waals surface area (Å²) >= 11 is 2.20. The van der Waals surface area contributed by atoms with Crippen LogP contribution >= 0.6 is 22.6 Å². The summed E-state index contributed by atoms with van der Waals surface area (Å²) < 4.78 is 36.3. The van der Waals surface area contributed by atoms with Gasteiger partial charge in [0.2, 0.25) is 0 Å². The fraction of sp³-hybridized carbons (Fsp3) is 0.409. The lowest BCUT2D eigenvalue weighted by atomic mass is 10.1. The molecule has 0 aliphatic carbocycles. The molecule has 2 aromatic carbocycles. The van der Waals surface area contributed by atoms with E-state index in [4.69, 9.17) is 9.47 Å². The molecule has 1 unspecified atom stereocenters. The minimum absolute atomic E-state index is 0.0000330. The van der Waals surface area contributed by atoms with E-state index in [0.717, 1.165) is 21.3 Å². The lowest BCUT2D eigenvalue weighted by Crippen LogP contribution is -2.43. The highest BCUT2D eigenvalue weighted by Gasteiger charge is 2.34. The van der Waals surface area contributed by atoms with E-state index in [1.165, 1.54) is 0 Å². The van der Waals surface area contributed by atoms with E-state index < -0.39 is 9.84 Å². The van der Waals surface area contributed by atoms with Gasteiger partial charge in [0, 0.05) is 16.2 Å². The topological polar surface area (TPSA) is 72.9 Å². The van der Waals surface area contributed by atoms with Crippen molar-refractivity contribution in [3.63, 3.8) is 0 Å². The summed E-state index contributed by atoms with van der Waals surface area (Å²) in [6, 6.07) is 14.7. The normalized spacial score (nSPS) is 17.5. The molecule has 1 amide bonds. The van der Waals surface area contributed by atoms with Gasteiger partial charge in [-0.2, -0.15) is 0 Å². The average Bonchev–Trinajstić information content (AvgIpc) is 3.10. The van der Waals surface area contributed by atoms with Crippen LogP contribution in [0.15, 0.2) is 48.5 Å². The number of halogens is 1. The molecular weight excluding hydrogens is 517 g/mol. The third kappa shape index (κ3) is 6.60. The van der Waals surface area contributed by atoms with E-state index in [2.05, 4.69) is 22.6 Å². The van der Waals surface area contributed by atoms with Crippen LogP contribution in [0.3, 0.4) is 0 Å². The van der Waals surface area contributed by atoms with Gasteiger partial charge in [-0.25, -0.2) is 8.42 Å². The zero-order chi connectivity index (χ0) is 21.6. The Kier molecular flexibility index (Phi) is 7.99. The predicted octanol–water partition coefficient (Wildman–Crippen LogP) is 3.67. The number of amides is 1. The van der Waals surface area contributed by atoms with Crippen LogP contribution in [0, 0.1) is 3.57 Å². The third-order valence-electron chi connectivity index (χ3n) is 4.89. The van der Waals surface area contributed by atoms with Crippen LogP contribution in [0.4, 0.5) is 0 Å². The van der Waals surface area contributed by atoms with E-state index in [1.54, 1.807) is 4.90 Å². The molecule has 0 saturated carbocycles. The summed E-state index contributed by atoms with van der Waals surface area (Å²) in [7, 11) is -3.11. The number of benzene rings is 2. The highest BCUT2D eigenvalue weighted by atomic mass is 127. The molecule has 0 aromatic heterocycles. The van der Waals surface area contributed by atoms with Crippen molar-refractivity contribution in [2.24, 2.45) is 0 Å². The molecule has 1 fully saturated rings. The molecule has 162 valence electrons. The number of ether oxygens (including phenoxy) is 2. The first-order valence-corrected chi connectivity index (χ1v) is 12.9. The van der Waals surface area contributed by atoms with Crippen LogP contribution in [-0.4, -0.2) is 50.0 Å². The second kappa shape index (κ2) is 10.5. The molecule has 1 saturated heterocycles. The minimum atomic E-state index is -3.11. The average molecular weight is 543 g/mol. The van der Waals surface area contributed by atoms with Gasteiger partial charge in [0.25, 0.3) is 5.91 Å². The lowest BCUT2D eigenvalue weighted by molar-refractivity contribution is -0.136. The Morgan fingerprint density at radius 2 is 1.70 bits per heavy atom. The molecule has 1 heterocycles. The number of nitrogens with zero attached hydrogens (tertiary/aromatic N) is 1. The summed E-state index contributed by atoms with van der Waals surface area (Å²) in [5.74, 6) is 1.29. The summed E-state index contributed by atoms with van der Waals surface area (Å²) in [5, 5.41) is 0. The fourth-order valence-corrected chi connectivity index (χ4v) is 5.40. The quantitative estimate of drug-likeness (QED) is 0.452. The molecule has 30 heavy (non-hydrogen) atoms. The molecular formula is C22H26INO5S. The molecule has 0 N–H and O–H groups in total. The number of hydrogen-bond acceptors (Lipinski definition) is 5. The molecule has 0 spiro atoms. The smallest absolute Gasteiger partial charge is 0.261 e. The van der Waals surface area contributed by atoms with Gasteiger partial charge in [0.05, 0.1) is 18.1 Å². The highest BCUT2D eigenvalue weighted by molar-refractivity contribution is 14.1. The number of sulfone groups is 1. The monoisotopic (exact) mass is 543 g/mol. The number of carbonyl (C=O) groups is 1. The molecule has 1 aliphatic rings. The van der Waals surface area contributed by atoms with Crippen molar-refractivity contribution in [1.82, 2.24) is 4.90 Å². The zero-order valence-corrected chi connectivity index (χ0v) is 19.9. The van der Waals surface area contributed by atoms with Crippen molar-refractivity contribution in [3.8, 4) is 11.5 Å². The van der Waals surface area contributed by atoms with Crippen molar-refractivity contribution in [2.75, 3.05) is 24.7 Å². The molecule has 0 radical (unpaired) electrons. The molecule has 6 nitrogen and oxygen atoms in total. The van der Waals surface area contributed by atoms with E-state index in [9.17, 15) is 13.2 Å². The van der Waals surface area contributed by atoms with Gasteiger partial charge in [-0.15, -0.1) is 0 Å². The summed E-state index contributed by atoms with van der Waals surface area (Å²) in [5.41, 5.74) is 0.922. The van der Waals surface area contributed by atoms with Gasteiger partial charge in [0.1, 0.15) is 11.5 Å². The first-order chi connectivity index (χ1) is 14.4. The first-order valence-electron chi connectivity index (χ1n) is 9.96. The summed E-state index contributed by atoms with van der Waals surface area (Å²) in [4.78, 5) is 14.6. The molecule has 2 aromatic rings. The van der Waals surface area contributed by atoms with Crippen LogP contribution in [0.1, 0.15) is 25.3 Å². The van der Waals surface area contributed by atoms with Gasteiger partial charge in [-0.1, -0.05) is 19.1 Å². The molecule has 3 rings (SSSR count). The van der Waals surface area contributed by atoms with E-state index in [0.29, 0.717) is 25.3 Å². The van der Waals surface area contributed by atoms with Crippen molar-refractivity contribution in [1.29, 1.82) is 0 Å². The van der Waals surface area contributed by atoms with Crippen LogP contribution in [0.25, 0.3) is 0 Å². The SMILES string of the molecule is CCCOc1ccc(CN(C(=O)COc2ccc(I)cc2)C2CCS(=O)(=O)C2)cc1. The number of rotatable bonds is 9. The summed E-state index contributed by atoms with van der Waals surface area (Å²) in [6.45, 7) is 2.91. The maximum Gasteiger partial charge on any atom is 0.261 e. The Balaban J connectivity index is 1.69. The Hall–Kier alpha value is -1.81. The summed E-state index contributed by atoms with van der Waals surface area (Å²) in [6.07, 6.45) is 1.38. The highest BCUT2D eigenvalue weighted by Crippen LogP contribution is 2.22. The van der Waals surface area contributed by atoms with Crippen LogP contribution in [-0.2, 0) is 21.2 Å². The van der Waals surface area contributed by atoms with Crippen molar-refractivity contribution in [3.05, 3.63) is 57.7 Å². The number of carbonyl (C=O) groups excluding carboxylic acids is 1. The Labute approximate surface area is 191 Å². The Morgan fingerprint density at radius 1 is 1.07 bits per heavy atom. The van der Waals surface area contributed by atoms with E-state index in [1.807, 2.05) is 55.5 Å². The van der Waals surface area contributed by atoms with Crippen molar-refractivity contribution in [2.45, 2.75) is 32.4 Å². The van der Waals surface area contributed by atoms with E-state index >= 15 is 0 Å². The number of hydrogen-bond donors (Lipinski definition) is 0. The van der Waals surface area contributed by atoms with Gasteiger partial charge in [-0.3, -0.25) is 4.79 Å². The predicted molar refractivity (Wildman–Crippen MR) is 124 cm³/mol. The molecule has 8 heteroatoms. The van der Waals surface area contributed by atoms with Crippen molar-refractivity contribution < 1.29 is 22.7 Å². The Morgan fingerprint density at radius 3 is 2.30 bits per heavy atom. The van der Waals surface area contributed by atoms with Gasteiger partial charge in [-0.05, 0) is 77.4 Å². The standard InChI is InChI=1S/C22H26INO5S/c1-2-12-28-20-7-3-17(4-8-20)14-24(19-11-13-30(26,27)16-19)22(25)15-29-21-9-5-18(23)6-10-21/h3-10,19H,2,11-16H2,1H3. The van der Waals surface area contributed by atoms with Crippen LogP contribution in [0.5, 0.6) is 11.5 Å². The van der Waals surface area contributed by atoms with E-state index in [-0.39, 0.29) is 30.1 Å². The maximum absolute atomic E-state index is 13.0. The fourth-order valence-electron chi connectivity index (χ4n) is 3.31. The molecule has 1 aliphatic heterocycles. The second-order valence-electron chi connectivity index (χ2n) is 7.31. The van der Waals surface area contributed by atoms with Gasteiger partial charge in [0.15, 0.2) is 16.4 Å². The van der Waals surface area contributed by atoms with Crippen LogP contribution in [0.2, 0.25) is 0 Å². The molecule has 0 bridgehead atoms. The first kappa shape index (κ1) is 22.9. The zero-order valence-electron chi connectivity index (χ0n) is 16.9. The van der Waals surface area contributed by atoms with Gasteiger partial charge < -0.3 is 14.4 Å². The van der Waals surface area contributed by atoms with Crippen molar-refractivity contribution >= 4 is 38.3 Å². The molecule has 1 atom stereocenters. The second-order valence-corrected chi connectivity index (χ2v) is 10.8. The lowest BCUT2D eigenvalue weighted by Gasteiger charge is -2.28. The largest absolute Gasteiger partial charge is 0.494 e. The Bertz CT molecular complexity index is 944. The minimum Gasteiger partial charge on any atom is -0.494 e.